The second kappa shape index (κ2) is 11.9. The fourth-order valence-corrected chi connectivity index (χ4v) is 5.28. The van der Waals surface area contributed by atoms with Crippen molar-refractivity contribution < 1.29 is 9.47 Å². The van der Waals surface area contributed by atoms with Gasteiger partial charge in [0.2, 0.25) is 0 Å². The number of aryl methyl sites for hydroxylation is 1. The Morgan fingerprint density at radius 3 is 2.68 bits per heavy atom. The van der Waals surface area contributed by atoms with Crippen molar-refractivity contribution in [3.63, 3.8) is 0 Å². The van der Waals surface area contributed by atoms with Crippen LogP contribution in [0.25, 0.3) is 10.9 Å². The number of nitrogens with zero attached hydrogens (tertiary/aromatic N) is 5. The number of pyridine rings is 1. The highest BCUT2D eigenvalue weighted by atomic mass is 16.5. The van der Waals surface area contributed by atoms with E-state index in [1.807, 2.05) is 41.1 Å². The third-order valence-electron chi connectivity index (χ3n) is 7.41. The van der Waals surface area contributed by atoms with Crippen molar-refractivity contribution in [3.05, 3.63) is 81.4 Å². The van der Waals surface area contributed by atoms with Crippen LogP contribution in [0.3, 0.4) is 0 Å². The number of hydrogen-bond acceptors (Lipinski definition) is 7. The van der Waals surface area contributed by atoms with Crippen LogP contribution in [-0.2, 0) is 24.2 Å². The minimum Gasteiger partial charge on any atom is -0.497 e. The van der Waals surface area contributed by atoms with Crippen molar-refractivity contribution in [2.45, 2.75) is 64.8 Å². The number of aromatic nitrogens is 5. The first-order chi connectivity index (χ1) is 18.6. The molecule has 9 nitrogen and oxygen atoms in total. The first-order valence-electron chi connectivity index (χ1n) is 13.5. The van der Waals surface area contributed by atoms with Crippen LogP contribution in [0.1, 0.15) is 61.7 Å². The fourth-order valence-electron chi connectivity index (χ4n) is 5.28. The number of fused-ring (bicyclic) bond motifs is 1. The maximum atomic E-state index is 13.1. The van der Waals surface area contributed by atoms with Crippen molar-refractivity contribution >= 4 is 10.9 Å². The van der Waals surface area contributed by atoms with E-state index in [2.05, 4.69) is 51.4 Å². The smallest absolute Gasteiger partial charge is 0.252 e. The molecule has 1 N–H and O–H groups in total. The summed E-state index contributed by atoms with van der Waals surface area (Å²) in [6, 6.07) is 16.1. The molecule has 38 heavy (non-hydrogen) atoms. The monoisotopic (exact) mass is 516 g/mol. The molecule has 5 rings (SSSR count). The van der Waals surface area contributed by atoms with Gasteiger partial charge in [-0.3, -0.25) is 9.69 Å². The van der Waals surface area contributed by atoms with Crippen LogP contribution in [-0.4, -0.2) is 56.5 Å². The highest BCUT2D eigenvalue weighted by Gasteiger charge is 2.29. The molecule has 0 aliphatic carbocycles. The first kappa shape index (κ1) is 26.1. The molecule has 1 fully saturated rings. The highest BCUT2D eigenvalue weighted by Crippen LogP contribution is 2.27. The zero-order chi connectivity index (χ0) is 26.5. The van der Waals surface area contributed by atoms with Crippen molar-refractivity contribution in [1.29, 1.82) is 0 Å². The number of hydrogen-bond donors (Lipinski definition) is 1. The second-order valence-electron chi connectivity index (χ2n) is 9.93. The Morgan fingerprint density at radius 2 is 1.97 bits per heavy atom. The van der Waals surface area contributed by atoms with Crippen LogP contribution in [0.5, 0.6) is 5.75 Å². The Labute approximate surface area is 222 Å². The Hall–Kier alpha value is -3.56. The van der Waals surface area contributed by atoms with Crippen LogP contribution >= 0.6 is 0 Å². The number of tetrazole rings is 1. The fraction of sp³-hybridized carbons (Fsp3) is 0.448. The quantitative estimate of drug-likeness (QED) is 0.318. The average molecular weight is 517 g/mol. The normalized spacial score (nSPS) is 16.4. The van der Waals surface area contributed by atoms with E-state index in [1.54, 1.807) is 7.11 Å². The van der Waals surface area contributed by atoms with Gasteiger partial charge in [-0.05, 0) is 83.0 Å². The lowest BCUT2D eigenvalue weighted by Gasteiger charge is -2.32. The maximum absolute atomic E-state index is 13.1. The molecule has 0 bridgehead atoms. The summed E-state index contributed by atoms with van der Waals surface area (Å²) in [6.07, 6.45) is 3.94. The summed E-state index contributed by atoms with van der Waals surface area (Å²) in [5.74, 6) is 1.60. The van der Waals surface area contributed by atoms with Gasteiger partial charge in [0.1, 0.15) is 5.75 Å². The van der Waals surface area contributed by atoms with Gasteiger partial charge in [0, 0.05) is 30.8 Å². The Balaban J connectivity index is 1.46. The van der Waals surface area contributed by atoms with E-state index in [4.69, 9.17) is 9.47 Å². The zero-order valence-corrected chi connectivity index (χ0v) is 22.4. The molecule has 0 radical (unpaired) electrons. The molecule has 2 aromatic carbocycles. The number of H-pyrrole nitrogens is 1. The van der Waals surface area contributed by atoms with Crippen LogP contribution in [0.4, 0.5) is 0 Å². The van der Waals surface area contributed by atoms with Crippen molar-refractivity contribution in [1.82, 2.24) is 30.1 Å². The van der Waals surface area contributed by atoms with Crippen LogP contribution < -0.4 is 10.3 Å². The average Bonchev–Trinajstić information content (AvgIpc) is 3.62. The lowest BCUT2D eigenvalue weighted by atomic mass is 10.1. The molecule has 9 heteroatoms. The molecule has 1 aliphatic heterocycles. The van der Waals surface area contributed by atoms with Crippen molar-refractivity contribution in [2.75, 3.05) is 20.3 Å². The topological polar surface area (TPSA) is 98.2 Å². The van der Waals surface area contributed by atoms with E-state index in [0.717, 1.165) is 65.9 Å². The van der Waals surface area contributed by atoms with Gasteiger partial charge in [-0.15, -0.1) is 5.10 Å². The predicted molar refractivity (Wildman–Crippen MR) is 146 cm³/mol. The summed E-state index contributed by atoms with van der Waals surface area (Å²) < 4.78 is 13.2. The molecule has 2 atom stereocenters. The molecular formula is C29H36N6O3. The van der Waals surface area contributed by atoms with Crippen molar-refractivity contribution in [3.8, 4) is 5.75 Å². The lowest BCUT2D eigenvalue weighted by molar-refractivity contribution is 0.0489. The molecule has 0 unspecified atom stereocenters. The number of aromatic amines is 1. The summed E-state index contributed by atoms with van der Waals surface area (Å²) in [7, 11) is 1.66. The maximum Gasteiger partial charge on any atom is 0.252 e. The summed E-state index contributed by atoms with van der Waals surface area (Å²) in [4.78, 5) is 18.5. The zero-order valence-electron chi connectivity index (χ0n) is 22.4. The van der Waals surface area contributed by atoms with E-state index >= 15 is 0 Å². The van der Waals surface area contributed by atoms with Gasteiger partial charge in [0.25, 0.3) is 5.56 Å². The number of nitrogens with one attached hydrogen (secondary N) is 1. The van der Waals surface area contributed by atoms with Gasteiger partial charge >= 0.3 is 0 Å². The summed E-state index contributed by atoms with van der Waals surface area (Å²) in [5, 5.41) is 13.9. The van der Waals surface area contributed by atoms with Crippen LogP contribution in [0, 0.1) is 0 Å². The second-order valence-corrected chi connectivity index (χ2v) is 9.93. The Bertz CT molecular complexity index is 1410. The SMILES string of the molecule is CCc1ccc2[nH]c(=O)c(CN(C[C@@H]3CCCO3)[C@@H](CC)c3nnnn3Cc3ccc(OC)cc3)cc2c1. The minimum atomic E-state index is -0.0791. The number of methoxy groups -OCH3 is 1. The molecule has 0 spiro atoms. The molecule has 0 amide bonds. The lowest BCUT2D eigenvalue weighted by Crippen LogP contribution is -2.37. The largest absolute Gasteiger partial charge is 0.497 e. The number of rotatable bonds is 11. The third-order valence-corrected chi connectivity index (χ3v) is 7.41. The third kappa shape index (κ3) is 5.79. The standard InChI is InChI=1S/C29H36N6O3/c1-4-20-10-13-26-22(15-20)16-23(29(36)30-26)18-34(19-25-7-6-14-38-25)27(5-2)28-31-32-33-35(28)17-21-8-11-24(37-3)12-9-21/h8-13,15-16,25,27H,4-7,14,17-19H2,1-3H3,(H,30,36)/t25-,27-/m0/s1. The number of benzene rings is 2. The Kier molecular flexibility index (Phi) is 8.14. The summed E-state index contributed by atoms with van der Waals surface area (Å²) in [6.45, 7) is 6.79. The van der Waals surface area contributed by atoms with E-state index in [9.17, 15) is 4.79 Å². The predicted octanol–water partition coefficient (Wildman–Crippen LogP) is 4.27. The molecule has 0 saturated carbocycles. The van der Waals surface area contributed by atoms with Crippen molar-refractivity contribution in [2.24, 2.45) is 0 Å². The van der Waals surface area contributed by atoms with Gasteiger partial charge in [0.15, 0.2) is 5.82 Å². The van der Waals surface area contributed by atoms with Gasteiger partial charge < -0.3 is 14.5 Å². The first-order valence-corrected chi connectivity index (χ1v) is 13.5. The van der Waals surface area contributed by atoms with Gasteiger partial charge in [-0.25, -0.2) is 4.68 Å². The van der Waals surface area contributed by atoms with Gasteiger partial charge in [0.05, 0.1) is 25.8 Å². The molecule has 1 saturated heterocycles. The molecule has 2 aromatic heterocycles. The summed E-state index contributed by atoms with van der Waals surface area (Å²) >= 11 is 0. The molecule has 4 aromatic rings. The highest BCUT2D eigenvalue weighted by molar-refractivity contribution is 5.79. The van der Waals surface area contributed by atoms with E-state index < -0.39 is 0 Å². The minimum absolute atomic E-state index is 0.0632. The molecule has 3 heterocycles. The van der Waals surface area contributed by atoms with Crippen LogP contribution in [0.2, 0.25) is 0 Å². The van der Waals surface area contributed by atoms with Crippen LogP contribution in [0.15, 0.2) is 53.3 Å². The van der Waals surface area contributed by atoms with E-state index in [0.29, 0.717) is 19.6 Å². The van der Waals surface area contributed by atoms with E-state index in [1.165, 1.54) is 5.56 Å². The Morgan fingerprint density at radius 1 is 1.16 bits per heavy atom. The number of ether oxygens (including phenoxy) is 2. The molecular weight excluding hydrogens is 480 g/mol. The van der Waals surface area contributed by atoms with Gasteiger partial charge in [-0.1, -0.05) is 32.0 Å². The molecule has 1 aliphatic rings. The summed E-state index contributed by atoms with van der Waals surface area (Å²) in [5.41, 5.74) is 3.86. The van der Waals surface area contributed by atoms with E-state index in [-0.39, 0.29) is 17.7 Å². The van der Waals surface area contributed by atoms with Gasteiger partial charge in [-0.2, -0.15) is 0 Å². The molecule has 200 valence electrons.